The minimum absolute atomic E-state index is 0.225. The Kier molecular flexibility index (Phi) is 3.13. The van der Waals surface area contributed by atoms with E-state index in [1.165, 1.54) is 0 Å². The van der Waals surface area contributed by atoms with E-state index in [2.05, 4.69) is 0 Å². The van der Waals surface area contributed by atoms with Gasteiger partial charge in [-0.25, -0.2) is 4.98 Å². The number of rotatable bonds is 1. The van der Waals surface area contributed by atoms with Gasteiger partial charge in [0.25, 0.3) is 0 Å². The lowest BCUT2D eigenvalue weighted by Crippen LogP contribution is -1.98. The minimum Gasteiger partial charge on any atom is -0.508 e. The molecule has 0 radical (unpaired) electrons. The van der Waals surface area contributed by atoms with Crippen molar-refractivity contribution < 1.29 is 15.3 Å². The molecule has 0 unspecified atom stereocenters. The fourth-order valence-electron chi connectivity index (χ4n) is 4.76. The summed E-state index contributed by atoms with van der Waals surface area (Å²) in [6.45, 7) is 0. The van der Waals surface area contributed by atoms with E-state index in [1.54, 1.807) is 36.4 Å². The predicted octanol–water partition coefficient (Wildman–Crippen LogP) is 5.01. The number of benzene rings is 3. The first kappa shape index (κ1) is 16.2. The van der Waals surface area contributed by atoms with Crippen LogP contribution in [-0.4, -0.2) is 20.3 Å². The number of aromatic hydroxyl groups is 3. The molecule has 3 aromatic carbocycles. The molecule has 1 heterocycles. The maximum atomic E-state index is 10.1. The molecule has 0 spiro atoms. The average Bonchev–Trinajstić information content (AvgIpc) is 3.22. The van der Waals surface area contributed by atoms with E-state index < -0.39 is 0 Å². The molecule has 140 valence electrons. The van der Waals surface area contributed by atoms with Gasteiger partial charge in [-0.3, -0.25) is 0 Å². The van der Waals surface area contributed by atoms with Gasteiger partial charge in [-0.1, -0.05) is 12.1 Å². The molecule has 4 aromatic rings. The summed E-state index contributed by atoms with van der Waals surface area (Å²) in [5.41, 5.74) is 10.3. The number of fused-ring (bicyclic) bond motifs is 6. The predicted molar refractivity (Wildman–Crippen MR) is 111 cm³/mol. The van der Waals surface area contributed by atoms with Gasteiger partial charge in [0.2, 0.25) is 0 Å². The fourth-order valence-corrected chi connectivity index (χ4v) is 4.76. The third-order valence-corrected chi connectivity index (χ3v) is 5.96. The van der Waals surface area contributed by atoms with Crippen molar-refractivity contribution in [1.82, 2.24) is 4.98 Å². The Hall–Kier alpha value is -3.79. The van der Waals surface area contributed by atoms with Crippen LogP contribution in [0.5, 0.6) is 17.2 Å². The first-order valence-electron chi connectivity index (χ1n) is 9.58. The first-order valence-corrected chi connectivity index (χ1v) is 9.58. The minimum atomic E-state index is 0.225. The zero-order valence-electron chi connectivity index (χ0n) is 15.5. The van der Waals surface area contributed by atoms with Crippen LogP contribution in [0.1, 0.15) is 22.3 Å². The number of nitrogens with zero attached hydrogens (tertiary/aromatic N) is 1. The lowest BCUT2D eigenvalue weighted by Gasteiger charge is -2.15. The molecule has 3 N–H and O–H groups in total. The zero-order valence-corrected chi connectivity index (χ0v) is 15.5. The fraction of sp³-hybridized carbons (Fsp3) is 0.0800. The van der Waals surface area contributed by atoms with E-state index in [9.17, 15) is 15.3 Å². The first-order chi connectivity index (χ1) is 14.1. The Bertz CT molecular complexity index is 1260. The summed E-state index contributed by atoms with van der Waals surface area (Å²) in [6.07, 6.45) is 1.37. The van der Waals surface area contributed by atoms with Crippen LogP contribution in [0.4, 0.5) is 0 Å². The highest BCUT2D eigenvalue weighted by Gasteiger charge is 2.32. The number of hydrogen-bond acceptors (Lipinski definition) is 4. The summed E-state index contributed by atoms with van der Waals surface area (Å²) in [5, 5.41) is 30.0. The summed E-state index contributed by atoms with van der Waals surface area (Å²) in [4.78, 5) is 5.06. The highest BCUT2D eigenvalue weighted by molar-refractivity contribution is 5.91. The quantitative estimate of drug-likeness (QED) is 0.376. The second kappa shape index (κ2) is 5.61. The number of aromatic nitrogens is 1. The van der Waals surface area contributed by atoms with Crippen LogP contribution in [0, 0.1) is 0 Å². The standard InChI is InChI=1S/C25H17NO3/c27-16-3-1-2-13(8-16)23-21-11-14-9-17(28)4-6-19(14)24(21)26-25-20-7-5-18(29)10-15(20)12-22(23)25/h1-10,27-29H,11-12H2. The molecule has 0 aliphatic heterocycles. The Labute approximate surface area is 167 Å². The third-order valence-electron chi connectivity index (χ3n) is 5.96. The Balaban J connectivity index is 1.69. The SMILES string of the molecule is Oc1cccc(-c2c3c(nc4c2Cc2cc(O)ccc2-4)-c2ccc(O)cc2C3)c1. The number of phenols is 3. The molecule has 2 aliphatic carbocycles. The monoisotopic (exact) mass is 379 g/mol. The van der Waals surface area contributed by atoms with Crippen LogP contribution in [0.15, 0.2) is 60.7 Å². The molecule has 0 fully saturated rings. The Morgan fingerprint density at radius 1 is 0.621 bits per heavy atom. The van der Waals surface area contributed by atoms with Gasteiger partial charge in [0.15, 0.2) is 0 Å². The summed E-state index contributed by atoms with van der Waals surface area (Å²) < 4.78 is 0. The molecule has 0 bridgehead atoms. The van der Waals surface area contributed by atoms with Gasteiger partial charge in [0.05, 0.1) is 11.4 Å². The Morgan fingerprint density at radius 2 is 1.17 bits per heavy atom. The highest BCUT2D eigenvalue weighted by atomic mass is 16.3. The summed E-state index contributed by atoms with van der Waals surface area (Å²) in [6, 6.07) is 18.2. The molecule has 0 saturated heterocycles. The second-order valence-electron chi connectivity index (χ2n) is 7.73. The maximum absolute atomic E-state index is 10.1. The van der Waals surface area contributed by atoms with Crippen molar-refractivity contribution in [2.45, 2.75) is 12.8 Å². The molecule has 6 rings (SSSR count). The van der Waals surface area contributed by atoms with Gasteiger partial charge in [0, 0.05) is 24.0 Å². The molecule has 4 nitrogen and oxygen atoms in total. The van der Waals surface area contributed by atoms with Crippen LogP contribution in [0.3, 0.4) is 0 Å². The number of phenolic OH excluding ortho intramolecular Hbond substituents is 3. The normalized spacial score (nSPS) is 13.0. The van der Waals surface area contributed by atoms with Crippen molar-refractivity contribution in [3.05, 3.63) is 82.9 Å². The molecular weight excluding hydrogens is 362 g/mol. The van der Waals surface area contributed by atoms with Crippen LogP contribution < -0.4 is 0 Å². The lowest BCUT2D eigenvalue weighted by molar-refractivity contribution is 0.474. The molecule has 2 aliphatic rings. The molecular formula is C25H17NO3. The molecule has 0 atom stereocenters. The molecule has 0 saturated carbocycles. The largest absolute Gasteiger partial charge is 0.508 e. The third kappa shape index (κ3) is 2.29. The summed E-state index contributed by atoms with van der Waals surface area (Å²) in [7, 11) is 0. The second-order valence-corrected chi connectivity index (χ2v) is 7.73. The van der Waals surface area contributed by atoms with E-state index >= 15 is 0 Å². The van der Waals surface area contributed by atoms with Gasteiger partial charge in [-0.15, -0.1) is 0 Å². The lowest BCUT2D eigenvalue weighted by atomic mass is 9.92. The summed E-state index contributed by atoms with van der Waals surface area (Å²) in [5.74, 6) is 0.732. The van der Waals surface area contributed by atoms with Crippen molar-refractivity contribution in [1.29, 1.82) is 0 Å². The average molecular weight is 379 g/mol. The van der Waals surface area contributed by atoms with Crippen molar-refractivity contribution >= 4 is 0 Å². The van der Waals surface area contributed by atoms with Crippen LogP contribution >= 0.6 is 0 Å². The molecule has 4 heteroatoms. The Morgan fingerprint density at radius 3 is 1.72 bits per heavy atom. The smallest absolute Gasteiger partial charge is 0.116 e. The van der Waals surface area contributed by atoms with Crippen LogP contribution in [0.2, 0.25) is 0 Å². The summed E-state index contributed by atoms with van der Waals surface area (Å²) >= 11 is 0. The zero-order chi connectivity index (χ0) is 19.7. The van der Waals surface area contributed by atoms with Gasteiger partial charge < -0.3 is 15.3 Å². The number of hydrogen-bond donors (Lipinski definition) is 3. The van der Waals surface area contributed by atoms with Gasteiger partial charge >= 0.3 is 0 Å². The van der Waals surface area contributed by atoms with E-state index in [-0.39, 0.29) is 17.2 Å². The van der Waals surface area contributed by atoms with Crippen molar-refractivity contribution in [3.63, 3.8) is 0 Å². The van der Waals surface area contributed by atoms with E-state index in [0.29, 0.717) is 12.8 Å². The van der Waals surface area contributed by atoms with Crippen molar-refractivity contribution in [2.75, 3.05) is 0 Å². The maximum Gasteiger partial charge on any atom is 0.116 e. The topological polar surface area (TPSA) is 73.6 Å². The molecule has 29 heavy (non-hydrogen) atoms. The van der Waals surface area contributed by atoms with Crippen molar-refractivity contribution in [2.24, 2.45) is 0 Å². The van der Waals surface area contributed by atoms with Crippen molar-refractivity contribution in [3.8, 4) is 50.9 Å². The van der Waals surface area contributed by atoms with Crippen LogP contribution in [-0.2, 0) is 12.8 Å². The van der Waals surface area contributed by atoms with E-state index in [1.807, 2.05) is 24.3 Å². The molecule has 0 amide bonds. The number of pyridine rings is 1. The highest BCUT2D eigenvalue weighted by Crippen LogP contribution is 2.49. The van der Waals surface area contributed by atoms with E-state index in [4.69, 9.17) is 4.98 Å². The van der Waals surface area contributed by atoms with Gasteiger partial charge in [-0.05, 0) is 81.9 Å². The molecule has 1 aromatic heterocycles. The van der Waals surface area contributed by atoms with Gasteiger partial charge in [0.1, 0.15) is 17.2 Å². The van der Waals surface area contributed by atoms with E-state index in [0.717, 1.165) is 55.9 Å². The van der Waals surface area contributed by atoms with Crippen LogP contribution in [0.25, 0.3) is 33.6 Å². The van der Waals surface area contributed by atoms with Gasteiger partial charge in [-0.2, -0.15) is 0 Å².